The second-order valence-electron chi connectivity index (χ2n) is 3.95. The van der Waals surface area contributed by atoms with Gasteiger partial charge in [0.15, 0.2) is 0 Å². The van der Waals surface area contributed by atoms with E-state index in [1.807, 2.05) is 12.2 Å². The minimum absolute atomic E-state index is 0.976. The molecule has 0 bridgehead atoms. The van der Waals surface area contributed by atoms with Crippen molar-refractivity contribution >= 4 is 11.3 Å². The van der Waals surface area contributed by atoms with Gasteiger partial charge in [-0.3, -0.25) is 0 Å². The molecule has 3 rings (SSSR count). The Morgan fingerprint density at radius 1 is 1.20 bits per heavy atom. The summed E-state index contributed by atoms with van der Waals surface area (Å²) in [5.41, 5.74) is 2.61. The van der Waals surface area contributed by atoms with Gasteiger partial charge in [-0.15, -0.1) is 0 Å². The summed E-state index contributed by atoms with van der Waals surface area (Å²) in [6, 6.07) is 8.54. The zero-order chi connectivity index (χ0) is 10.3. The molecule has 0 unspecified atom stereocenters. The first-order valence-corrected chi connectivity index (χ1v) is 5.18. The second-order valence-corrected chi connectivity index (χ2v) is 3.95. The highest BCUT2D eigenvalue weighted by atomic mass is 15.1. The van der Waals surface area contributed by atoms with E-state index in [0.29, 0.717) is 0 Å². The molecule has 1 aromatic rings. The van der Waals surface area contributed by atoms with Crippen molar-refractivity contribution in [2.24, 2.45) is 0 Å². The summed E-state index contributed by atoms with van der Waals surface area (Å²) < 4.78 is 0. The van der Waals surface area contributed by atoms with E-state index in [-0.39, 0.29) is 0 Å². The van der Waals surface area contributed by atoms with Crippen LogP contribution in [0.15, 0.2) is 42.6 Å². The first kappa shape index (κ1) is 8.46. The normalized spacial score (nSPS) is 17.3. The van der Waals surface area contributed by atoms with Crippen LogP contribution in [0.3, 0.4) is 0 Å². The highest BCUT2D eigenvalue weighted by Crippen LogP contribution is 2.15. The molecule has 0 N–H and O–H groups in total. The van der Waals surface area contributed by atoms with Crippen LogP contribution in [0.1, 0.15) is 6.92 Å². The predicted octanol–water partition coefficient (Wildman–Crippen LogP) is 1.17. The summed E-state index contributed by atoms with van der Waals surface area (Å²) >= 11 is 0. The zero-order valence-electron chi connectivity index (χ0n) is 8.70. The molecule has 1 aromatic carbocycles. The molecule has 2 aliphatic heterocycles. The van der Waals surface area contributed by atoms with E-state index in [2.05, 4.69) is 48.4 Å². The van der Waals surface area contributed by atoms with Gasteiger partial charge in [-0.25, -0.2) is 0 Å². The summed E-state index contributed by atoms with van der Waals surface area (Å²) in [5, 5.41) is 2.65. The fourth-order valence-corrected chi connectivity index (χ4v) is 2.20. The molecule has 1 heteroatoms. The Hall–Kier alpha value is -1.85. The Labute approximate surface area is 89.3 Å². The highest BCUT2D eigenvalue weighted by molar-refractivity contribution is 5.62. The van der Waals surface area contributed by atoms with Crippen molar-refractivity contribution in [2.45, 2.75) is 6.92 Å². The van der Waals surface area contributed by atoms with Crippen molar-refractivity contribution in [3.8, 4) is 0 Å². The molecule has 0 atom stereocenters. The predicted molar refractivity (Wildman–Crippen MR) is 61.8 cm³/mol. The summed E-state index contributed by atoms with van der Waals surface area (Å²) in [6.45, 7) is 3.17. The average Bonchev–Trinajstić information content (AvgIpc) is 2.30. The molecule has 2 aliphatic rings. The summed E-state index contributed by atoms with van der Waals surface area (Å²) in [5.74, 6) is 0. The smallest absolute Gasteiger partial charge is 0.217 e. The lowest BCUT2D eigenvalue weighted by molar-refractivity contribution is 0.584. The van der Waals surface area contributed by atoms with Crippen LogP contribution in [-0.2, 0) is 0 Å². The van der Waals surface area contributed by atoms with E-state index < -0.39 is 0 Å². The summed E-state index contributed by atoms with van der Waals surface area (Å²) in [7, 11) is 0. The third-order valence-corrected chi connectivity index (χ3v) is 2.92. The zero-order valence-corrected chi connectivity index (χ0v) is 8.70. The quantitative estimate of drug-likeness (QED) is 0.560. The van der Waals surface area contributed by atoms with E-state index in [4.69, 9.17) is 0 Å². The number of hydrogen-bond donors (Lipinski definition) is 0. The van der Waals surface area contributed by atoms with E-state index in [1.165, 1.54) is 21.7 Å². The number of benzene rings is 1. The Balaban J connectivity index is 2.45. The number of rotatable bonds is 0. The molecular weight excluding hydrogens is 182 g/mol. The van der Waals surface area contributed by atoms with Gasteiger partial charge >= 0.3 is 0 Å². The summed E-state index contributed by atoms with van der Waals surface area (Å²) in [4.78, 5) is 2.25. The van der Waals surface area contributed by atoms with Crippen LogP contribution in [0.2, 0.25) is 0 Å². The first-order valence-electron chi connectivity index (χ1n) is 5.18. The molecule has 0 fully saturated rings. The molecule has 0 aromatic heterocycles. The summed E-state index contributed by atoms with van der Waals surface area (Å²) in [6.07, 6.45) is 9.44. The van der Waals surface area contributed by atoms with Crippen LogP contribution in [0.25, 0.3) is 11.3 Å². The lowest BCUT2D eigenvalue weighted by atomic mass is 10.0. The number of hydrogen-bond acceptors (Lipinski definition) is 1. The molecule has 0 radical (unpaired) electrons. The number of nitrogens with zero attached hydrogens (tertiary/aromatic N) is 1. The number of fused-ring (bicyclic) bond motifs is 2. The van der Waals surface area contributed by atoms with Crippen LogP contribution in [0.5, 0.6) is 0 Å². The van der Waals surface area contributed by atoms with Gasteiger partial charge < -0.3 is 4.90 Å². The molecule has 0 spiro atoms. The minimum atomic E-state index is 0.976. The Morgan fingerprint density at radius 2 is 2.00 bits per heavy atom. The molecule has 0 saturated heterocycles. The topological polar surface area (TPSA) is 3.24 Å². The third kappa shape index (κ3) is 1.21. The second kappa shape index (κ2) is 3.08. The van der Waals surface area contributed by atoms with Crippen molar-refractivity contribution in [3.63, 3.8) is 0 Å². The lowest BCUT2D eigenvalue weighted by Gasteiger charge is -2.21. The van der Waals surface area contributed by atoms with Crippen molar-refractivity contribution in [1.29, 1.82) is 0 Å². The van der Waals surface area contributed by atoms with Crippen molar-refractivity contribution in [3.05, 3.63) is 59.1 Å². The molecule has 0 amide bonds. The molecule has 2 heterocycles. The van der Waals surface area contributed by atoms with Crippen molar-refractivity contribution in [2.75, 3.05) is 6.54 Å². The maximum atomic E-state index is 3.32. The fraction of sp³-hybridized carbons (Fsp3) is 0.143. The Kier molecular flexibility index (Phi) is 1.74. The molecular formula is C14H12N+. The fourth-order valence-electron chi connectivity index (χ4n) is 2.20. The van der Waals surface area contributed by atoms with Gasteiger partial charge in [-0.2, -0.15) is 0 Å². The maximum Gasteiger partial charge on any atom is 0.217 e. The largest absolute Gasteiger partial charge is 0.302 e. The first-order chi connectivity index (χ1) is 7.36. The van der Waals surface area contributed by atoms with E-state index in [0.717, 1.165) is 6.54 Å². The van der Waals surface area contributed by atoms with E-state index >= 15 is 0 Å². The molecule has 15 heavy (non-hydrogen) atoms. The van der Waals surface area contributed by atoms with Gasteiger partial charge in [-0.05, 0) is 24.6 Å². The van der Waals surface area contributed by atoms with Gasteiger partial charge in [0.2, 0.25) is 5.70 Å². The van der Waals surface area contributed by atoms with Crippen LogP contribution in [-0.4, -0.2) is 11.4 Å². The maximum absolute atomic E-state index is 3.32. The molecule has 0 saturated carbocycles. The van der Waals surface area contributed by atoms with E-state index in [1.54, 1.807) is 0 Å². The van der Waals surface area contributed by atoms with Gasteiger partial charge in [0.25, 0.3) is 0 Å². The monoisotopic (exact) mass is 194 g/mol. The Bertz CT molecular complexity index is 576. The van der Waals surface area contributed by atoms with Gasteiger partial charge in [0.1, 0.15) is 11.3 Å². The standard InChI is InChI=1S/C14H12N/c1-11-10-15-9-5-4-8-14(15)13-7-3-2-6-12(11)13/h2-7,9H,10H2,1H3/q+1. The van der Waals surface area contributed by atoms with E-state index in [9.17, 15) is 0 Å². The molecule has 72 valence electrons. The molecule has 0 aliphatic carbocycles. The number of allylic oxidation sites excluding steroid dienone is 2. The van der Waals surface area contributed by atoms with Crippen molar-refractivity contribution in [1.82, 2.24) is 4.90 Å². The van der Waals surface area contributed by atoms with Gasteiger partial charge in [0, 0.05) is 17.8 Å². The average molecular weight is 194 g/mol. The lowest BCUT2D eigenvalue weighted by Crippen LogP contribution is -2.40. The highest BCUT2D eigenvalue weighted by Gasteiger charge is 2.20. The van der Waals surface area contributed by atoms with Crippen LogP contribution < -0.4 is 10.4 Å². The van der Waals surface area contributed by atoms with Crippen molar-refractivity contribution < 1.29 is 0 Å². The third-order valence-electron chi connectivity index (χ3n) is 2.92. The van der Waals surface area contributed by atoms with Crippen LogP contribution >= 0.6 is 0 Å². The molecule has 1 nitrogen and oxygen atoms in total. The van der Waals surface area contributed by atoms with Gasteiger partial charge in [0.05, 0.1) is 18.4 Å². The van der Waals surface area contributed by atoms with Crippen LogP contribution in [0.4, 0.5) is 0 Å². The SMILES string of the molecule is CC1=c2ccccc2=C2[C+]=CC=CN2C1. The van der Waals surface area contributed by atoms with Gasteiger partial charge in [-0.1, -0.05) is 6.07 Å². The van der Waals surface area contributed by atoms with Crippen LogP contribution in [0, 0.1) is 6.08 Å². The minimum Gasteiger partial charge on any atom is -0.302 e. The Morgan fingerprint density at radius 3 is 2.87 bits per heavy atom.